The molecule has 19 heavy (non-hydrogen) atoms. The fraction of sp³-hybridized carbons (Fsp3) is 0.364. The number of aliphatic carboxylic acids is 1. The Kier molecular flexibility index (Phi) is 4.54. The third-order valence-electron chi connectivity index (χ3n) is 2.45. The summed E-state index contributed by atoms with van der Waals surface area (Å²) in [6.07, 6.45) is 5.54. The van der Waals surface area contributed by atoms with Crippen LogP contribution in [0.2, 0.25) is 0 Å². The van der Waals surface area contributed by atoms with E-state index in [4.69, 9.17) is 5.11 Å². The first-order valence-corrected chi connectivity index (χ1v) is 7.21. The summed E-state index contributed by atoms with van der Waals surface area (Å²) in [5.41, 5.74) is 0. The topological polar surface area (TPSA) is 71.2 Å². The molecule has 0 amide bonds. The maximum absolute atomic E-state index is 10.5. The number of nitrogens with zero attached hydrogens (tertiary/aromatic N) is 4. The van der Waals surface area contributed by atoms with Crippen molar-refractivity contribution in [2.75, 3.05) is 18.5 Å². The average molecular weight is 345 g/mol. The van der Waals surface area contributed by atoms with Crippen LogP contribution in [0, 0.1) is 0 Å². The van der Waals surface area contributed by atoms with Crippen LogP contribution < -0.4 is 4.90 Å². The lowest BCUT2D eigenvalue weighted by Crippen LogP contribution is -2.20. The molecule has 1 N–H and O–H groups in total. The van der Waals surface area contributed by atoms with Crippen molar-refractivity contribution in [2.45, 2.75) is 13.0 Å². The lowest BCUT2D eigenvalue weighted by molar-refractivity contribution is -0.136. The van der Waals surface area contributed by atoms with E-state index < -0.39 is 5.97 Å². The number of hydrogen-bond donors (Lipinski definition) is 1. The molecule has 0 radical (unpaired) electrons. The van der Waals surface area contributed by atoms with Gasteiger partial charge in [0.05, 0.1) is 23.6 Å². The summed E-state index contributed by atoms with van der Waals surface area (Å²) in [6, 6.07) is 0. The van der Waals surface area contributed by atoms with E-state index in [0.717, 1.165) is 14.5 Å². The maximum atomic E-state index is 10.5. The van der Waals surface area contributed by atoms with Gasteiger partial charge in [-0.25, -0.2) is 4.98 Å². The number of carboxylic acid groups (broad SMARTS) is 1. The molecule has 0 aromatic carbocycles. The number of carbonyl (C=O) groups is 1. The summed E-state index contributed by atoms with van der Waals surface area (Å²) >= 11 is 4.89. The van der Waals surface area contributed by atoms with E-state index in [-0.39, 0.29) is 6.42 Å². The highest BCUT2D eigenvalue weighted by molar-refractivity contribution is 9.10. The Bertz CT molecular complexity index is 569. The van der Waals surface area contributed by atoms with Crippen LogP contribution >= 0.6 is 27.3 Å². The molecular weight excluding hydrogens is 332 g/mol. The first-order valence-electron chi connectivity index (χ1n) is 5.60. The first kappa shape index (κ1) is 14.0. The van der Waals surface area contributed by atoms with Gasteiger partial charge in [0, 0.05) is 30.9 Å². The van der Waals surface area contributed by atoms with E-state index in [2.05, 4.69) is 26.0 Å². The summed E-state index contributed by atoms with van der Waals surface area (Å²) in [4.78, 5) is 17.7. The van der Waals surface area contributed by atoms with Crippen LogP contribution in [0.25, 0.3) is 0 Å². The highest BCUT2D eigenvalue weighted by Crippen LogP contribution is 2.22. The molecule has 0 saturated heterocycles. The number of hydrogen-bond acceptors (Lipinski definition) is 5. The minimum atomic E-state index is -0.801. The first-order chi connectivity index (χ1) is 9.04. The van der Waals surface area contributed by atoms with Crippen LogP contribution in [0.1, 0.15) is 11.3 Å². The lowest BCUT2D eigenvalue weighted by atomic mass is 10.4. The van der Waals surface area contributed by atoms with Gasteiger partial charge in [-0.2, -0.15) is 5.10 Å². The zero-order valence-electron chi connectivity index (χ0n) is 10.3. The third kappa shape index (κ3) is 4.03. The van der Waals surface area contributed by atoms with Gasteiger partial charge in [-0.15, -0.1) is 0 Å². The molecule has 0 unspecified atom stereocenters. The molecular formula is C11H13BrN4O2S. The molecule has 2 heterocycles. The van der Waals surface area contributed by atoms with Crippen molar-refractivity contribution in [3.63, 3.8) is 0 Å². The van der Waals surface area contributed by atoms with Crippen molar-refractivity contribution >= 4 is 38.4 Å². The van der Waals surface area contributed by atoms with Gasteiger partial charge in [0.15, 0.2) is 5.13 Å². The van der Waals surface area contributed by atoms with Gasteiger partial charge in [0.25, 0.3) is 0 Å². The Morgan fingerprint density at radius 2 is 2.37 bits per heavy atom. The Morgan fingerprint density at radius 3 is 3.00 bits per heavy atom. The minimum Gasteiger partial charge on any atom is -0.481 e. The molecule has 2 aromatic rings. The standard InChI is InChI=1S/C11H13BrN4O2S/c1-15(3-2-10(17)18)11-13-5-9(19-11)7-16-6-8(12)4-14-16/h4-6H,2-3,7H2,1H3,(H,17,18). The van der Waals surface area contributed by atoms with Crippen molar-refractivity contribution in [1.82, 2.24) is 14.8 Å². The highest BCUT2D eigenvalue weighted by atomic mass is 79.9. The second-order valence-electron chi connectivity index (χ2n) is 4.03. The van der Waals surface area contributed by atoms with Crippen molar-refractivity contribution in [3.8, 4) is 0 Å². The van der Waals surface area contributed by atoms with E-state index in [9.17, 15) is 4.79 Å². The van der Waals surface area contributed by atoms with Gasteiger partial charge in [0.1, 0.15) is 0 Å². The van der Waals surface area contributed by atoms with Gasteiger partial charge in [-0.3, -0.25) is 9.48 Å². The summed E-state index contributed by atoms with van der Waals surface area (Å²) < 4.78 is 2.76. The van der Waals surface area contributed by atoms with E-state index >= 15 is 0 Å². The second-order valence-corrected chi connectivity index (χ2v) is 6.04. The van der Waals surface area contributed by atoms with Gasteiger partial charge in [-0.05, 0) is 15.9 Å². The Morgan fingerprint density at radius 1 is 1.58 bits per heavy atom. The van der Waals surface area contributed by atoms with Crippen molar-refractivity contribution < 1.29 is 9.90 Å². The van der Waals surface area contributed by atoms with Crippen LogP contribution in [0.3, 0.4) is 0 Å². The number of rotatable bonds is 6. The van der Waals surface area contributed by atoms with Gasteiger partial charge in [0.2, 0.25) is 0 Å². The van der Waals surface area contributed by atoms with E-state index in [1.165, 1.54) is 0 Å². The van der Waals surface area contributed by atoms with Crippen molar-refractivity contribution in [3.05, 3.63) is 27.9 Å². The lowest BCUT2D eigenvalue weighted by Gasteiger charge is -2.13. The number of halogens is 1. The number of anilines is 1. The van der Waals surface area contributed by atoms with Crippen LogP contribution in [0.4, 0.5) is 5.13 Å². The molecule has 2 rings (SSSR count). The largest absolute Gasteiger partial charge is 0.481 e. The average Bonchev–Trinajstić information content (AvgIpc) is 2.96. The fourth-order valence-corrected chi connectivity index (χ4v) is 2.71. The van der Waals surface area contributed by atoms with Crippen LogP contribution in [0.15, 0.2) is 23.1 Å². The molecule has 0 bridgehead atoms. The SMILES string of the molecule is CN(CCC(=O)O)c1ncc(Cn2cc(Br)cn2)s1. The summed E-state index contributed by atoms with van der Waals surface area (Å²) in [7, 11) is 1.84. The van der Waals surface area contributed by atoms with E-state index in [1.54, 1.807) is 23.7 Å². The van der Waals surface area contributed by atoms with Crippen molar-refractivity contribution in [2.24, 2.45) is 0 Å². The van der Waals surface area contributed by atoms with Crippen molar-refractivity contribution in [1.29, 1.82) is 0 Å². The van der Waals surface area contributed by atoms with Crippen LogP contribution in [0.5, 0.6) is 0 Å². The zero-order chi connectivity index (χ0) is 13.8. The zero-order valence-corrected chi connectivity index (χ0v) is 12.7. The molecule has 0 atom stereocenters. The molecule has 0 aliphatic carbocycles. The minimum absolute atomic E-state index is 0.109. The maximum Gasteiger partial charge on any atom is 0.305 e. The van der Waals surface area contributed by atoms with Gasteiger partial charge < -0.3 is 10.0 Å². The van der Waals surface area contributed by atoms with Crippen LogP contribution in [-0.2, 0) is 11.3 Å². The molecule has 2 aromatic heterocycles. The molecule has 102 valence electrons. The van der Waals surface area contributed by atoms with E-state index in [0.29, 0.717) is 13.1 Å². The Hall–Kier alpha value is -1.41. The van der Waals surface area contributed by atoms with Gasteiger partial charge in [-0.1, -0.05) is 11.3 Å². The Labute approximate surface area is 122 Å². The number of thiazole rings is 1. The molecule has 6 nitrogen and oxygen atoms in total. The molecule has 0 spiro atoms. The van der Waals surface area contributed by atoms with Gasteiger partial charge >= 0.3 is 5.97 Å². The second kappa shape index (κ2) is 6.16. The number of aromatic nitrogens is 3. The highest BCUT2D eigenvalue weighted by Gasteiger charge is 2.09. The van der Waals surface area contributed by atoms with Crippen LogP contribution in [-0.4, -0.2) is 39.4 Å². The predicted octanol–water partition coefficient (Wildman–Crippen LogP) is 2.06. The Balaban J connectivity index is 1.96. The molecule has 8 heteroatoms. The molecule has 0 fully saturated rings. The monoisotopic (exact) mass is 344 g/mol. The normalized spacial score (nSPS) is 10.6. The number of carboxylic acids is 1. The molecule has 0 saturated carbocycles. The fourth-order valence-electron chi connectivity index (χ4n) is 1.49. The molecule has 0 aliphatic heterocycles. The van der Waals surface area contributed by atoms with E-state index in [1.807, 2.05) is 22.8 Å². The smallest absolute Gasteiger partial charge is 0.305 e. The predicted molar refractivity (Wildman–Crippen MR) is 76.7 cm³/mol. The summed E-state index contributed by atoms with van der Waals surface area (Å²) in [5, 5.41) is 13.7. The molecule has 0 aliphatic rings. The summed E-state index contributed by atoms with van der Waals surface area (Å²) in [6.45, 7) is 1.12. The third-order valence-corrected chi connectivity index (χ3v) is 3.95. The quantitative estimate of drug-likeness (QED) is 0.868. The summed E-state index contributed by atoms with van der Waals surface area (Å²) in [5.74, 6) is -0.801.